The zero-order valence-corrected chi connectivity index (χ0v) is 25.2. The Kier molecular flexibility index (Phi) is 30.6. The highest BCUT2D eigenvalue weighted by molar-refractivity contribution is 5.66. The molecule has 0 spiro atoms. The Balaban J connectivity index is 1.61. The molecule has 42 heavy (non-hydrogen) atoms. The van der Waals surface area contributed by atoms with E-state index in [1.54, 1.807) is 0 Å². The van der Waals surface area contributed by atoms with E-state index < -0.39 is 5.97 Å². The molecule has 0 aromatic rings. The van der Waals surface area contributed by atoms with Crippen LogP contribution >= 0.6 is 0 Å². The fourth-order valence-electron chi connectivity index (χ4n) is 3.32. The molecular weight excluding hydrogens is 560 g/mol. The molecule has 1 N–H and O–H groups in total. The molecule has 1 heterocycles. The predicted molar refractivity (Wildman–Crippen MR) is 150 cm³/mol. The highest BCUT2D eigenvalue weighted by Crippen LogP contribution is 2.13. The van der Waals surface area contributed by atoms with Gasteiger partial charge in [-0.2, -0.15) is 0 Å². The zero-order valence-electron chi connectivity index (χ0n) is 25.2. The van der Waals surface area contributed by atoms with Gasteiger partial charge in [0, 0.05) is 6.61 Å². The molecule has 14 nitrogen and oxygen atoms in total. The average molecular weight is 615 g/mol. The summed E-state index contributed by atoms with van der Waals surface area (Å²) >= 11 is 0. The van der Waals surface area contributed by atoms with Crippen LogP contribution < -0.4 is 0 Å². The summed E-state index contributed by atoms with van der Waals surface area (Å²) in [6.45, 7) is 10.8. The second-order valence-electron chi connectivity index (χ2n) is 8.93. The van der Waals surface area contributed by atoms with Crippen molar-refractivity contribution in [3.05, 3.63) is 0 Å². The van der Waals surface area contributed by atoms with Crippen LogP contribution in [0.2, 0.25) is 0 Å². The summed E-state index contributed by atoms with van der Waals surface area (Å²) in [5.74, 6) is -0.873. The van der Waals surface area contributed by atoms with Gasteiger partial charge < -0.3 is 61.9 Å². The fraction of sp³-hybridized carbons (Fsp3) is 0.964. The van der Waals surface area contributed by atoms with Crippen LogP contribution in [0.1, 0.15) is 25.7 Å². The van der Waals surface area contributed by atoms with E-state index >= 15 is 0 Å². The van der Waals surface area contributed by atoms with E-state index in [0.717, 1.165) is 25.9 Å². The van der Waals surface area contributed by atoms with E-state index in [9.17, 15) is 4.79 Å². The third kappa shape index (κ3) is 30.4. The van der Waals surface area contributed by atoms with Crippen LogP contribution in [0.4, 0.5) is 0 Å². The molecule has 1 saturated heterocycles. The largest absolute Gasteiger partial charge is 0.481 e. The molecule has 0 aromatic heterocycles. The highest BCUT2D eigenvalue weighted by atomic mass is 16.7. The minimum atomic E-state index is -0.873. The number of rotatable bonds is 34. The first-order valence-electron chi connectivity index (χ1n) is 15.0. The SMILES string of the molecule is O=C(O)CCOCCOCCOCCOCCOCCOCCOCCOCCOCCOCCOC1CCCCO1. The molecule has 1 rings (SSSR count). The van der Waals surface area contributed by atoms with Crippen molar-refractivity contribution in [3.63, 3.8) is 0 Å². The summed E-state index contributed by atoms with van der Waals surface area (Å²) in [5, 5.41) is 8.48. The maximum Gasteiger partial charge on any atom is 0.305 e. The van der Waals surface area contributed by atoms with Crippen molar-refractivity contribution in [2.75, 3.05) is 145 Å². The molecule has 1 aliphatic rings. The van der Waals surface area contributed by atoms with Crippen LogP contribution in [-0.2, 0) is 61.6 Å². The lowest BCUT2D eigenvalue weighted by Gasteiger charge is -2.22. The predicted octanol–water partition coefficient (Wildman–Crippen LogP) is 1.17. The third-order valence-electron chi connectivity index (χ3n) is 5.48. The number of carboxylic acid groups (broad SMARTS) is 1. The van der Waals surface area contributed by atoms with Gasteiger partial charge >= 0.3 is 5.97 Å². The molecule has 0 amide bonds. The lowest BCUT2D eigenvalue weighted by molar-refractivity contribution is -0.169. The molecule has 0 aliphatic carbocycles. The molecule has 0 saturated carbocycles. The van der Waals surface area contributed by atoms with Crippen molar-refractivity contribution < 1.29 is 66.7 Å². The smallest absolute Gasteiger partial charge is 0.305 e. The van der Waals surface area contributed by atoms with Crippen molar-refractivity contribution in [1.82, 2.24) is 0 Å². The second-order valence-corrected chi connectivity index (χ2v) is 8.93. The van der Waals surface area contributed by atoms with Gasteiger partial charge in [0.25, 0.3) is 0 Å². The molecular formula is C28H54O14. The van der Waals surface area contributed by atoms with E-state index in [4.69, 9.17) is 61.9 Å². The van der Waals surface area contributed by atoms with E-state index in [1.165, 1.54) is 0 Å². The zero-order chi connectivity index (χ0) is 30.0. The molecule has 1 unspecified atom stereocenters. The van der Waals surface area contributed by atoms with Crippen molar-refractivity contribution in [3.8, 4) is 0 Å². The molecule has 0 bridgehead atoms. The van der Waals surface area contributed by atoms with Crippen LogP contribution in [0.15, 0.2) is 0 Å². The van der Waals surface area contributed by atoms with Gasteiger partial charge in [-0.3, -0.25) is 4.79 Å². The number of carboxylic acids is 1. The van der Waals surface area contributed by atoms with Crippen LogP contribution in [0, 0.1) is 0 Å². The number of hydrogen-bond donors (Lipinski definition) is 1. The van der Waals surface area contributed by atoms with E-state index in [1.807, 2.05) is 0 Å². The van der Waals surface area contributed by atoms with Gasteiger partial charge in [0.2, 0.25) is 0 Å². The molecule has 1 atom stereocenters. The maximum atomic E-state index is 10.3. The number of aliphatic carboxylic acids is 1. The molecule has 1 fully saturated rings. The fourth-order valence-corrected chi connectivity index (χ4v) is 3.32. The lowest BCUT2D eigenvalue weighted by atomic mass is 10.2. The standard InChI is InChI=1S/C28H54O14/c29-27(30)4-6-31-7-8-32-9-10-33-11-12-34-13-14-35-15-16-36-17-18-37-19-20-38-21-22-39-23-24-40-25-26-42-28-3-1-2-5-41-28/h28H,1-26H2,(H,29,30). The summed E-state index contributed by atoms with van der Waals surface area (Å²) in [7, 11) is 0. The summed E-state index contributed by atoms with van der Waals surface area (Å²) in [6, 6.07) is 0. The van der Waals surface area contributed by atoms with Gasteiger partial charge in [-0.15, -0.1) is 0 Å². The average Bonchev–Trinajstić information content (AvgIpc) is 3.00. The highest BCUT2D eigenvalue weighted by Gasteiger charge is 2.13. The van der Waals surface area contributed by atoms with Crippen LogP contribution in [0.25, 0.3) is 0 Å². The van der Waals surface area contributed by atoms with Gasteiger partial charge in [0.05, 0.1) is 145 Å². The number of hydrogen-bond acceptors (Lipinski definition) is 13. The van der Waals surface area contributed by atoms with Gasteiger partial charge in [-0.1, -0.05) is 0 Å². The third-order valence-corrected chi connectivity index (χ3v) is 5.48. The minimum absolute atomic E-state index is 0.000496. The van der Waals surface area contributed by atoms with Crippen molar-refractivity contribution in [1.29, 1.82) is 0 Å². The topological polar surface area (TPSA) is 148 Å². The van der Waals surface area contributed by atoms with Crippen molar-refractivity contribution in [2.24, 2.45) is 0 Å². The molecule has 0 radical (unpaired) electrons. The first-order chi connectivity index (χ1) is 20.8. The van der Waals surface area contributed by atoms with Gasteiger partial charge in [-0.25, -0.2) is 0 Å². The van der Waals surface area contributed by atoms with E-state index in [0.29, 0.717) is 132 Å². The Morgan fingerprint density at radius 3 is 1.07 bits per heavy atom. The number of ether oxygens (including phenoxy) is 12. The summed E-state index contributed by atoms with van der Waals surface area (Å²) in [4.78, 5) is 10.3. The molecule has 250 valence electrons. The first-order valence-corrected chi connectivity index (χ1v) is 15.0. The van der Waals surface area contributed by atoms with E-state index in [2.05, 4.69) is 0 Å². The van der Waals surface area contributed by atoms with Gasteiger partial charge in [0.15, 0.2) is 6.29 Å². The monoisotopic (exact) mass is 614 g/mol. The second kappa shape index (κ2) is 32.9. The Morgan fingerprint density at radius 1 is 0.476 bits per heavy atom. The Labute approximate surface area is 250 Å². The Hall–Kier alpha value is -1.01. The van der Waals surface area contributed by atoms with Crippen LogP contribution in [-0.4, -0.2) is 163 Å². The summed E-state index contributed by atoms with van der Waals surface area (Å²) < 4.78 is 65.1. The minimum Gasteiger partial charge on any atom is -0.481 e. The Morgan fingerprint density at radius 2 is 0.786 bits per heavy atom. The van der Waals surface area contributed by atoms with Crippen LogP contribution in [0.5, 0.6) is 0 Å². The summed E-state index contributed by atoms with van der Waals surface area (Å²) in [5.41, 5.74) is 0. The van der Waals surface area contributed by atoms with Crippen molar-refractivity contribution in [2.45, 2.75) is 32.0 Å². The van der Waals surface area contributed by atoms with Crippen LogP contribution in [0.3, 0.4) is 0 Å². The first kappa shape index (κ1) is 39.0. The Bertz CT molecular complexity index is 551. The maximum absolute atomic E-state index is 10.3. The van der Waals surface area contributed by atoms with Gasteiger partial charge in [-0.05, 0) is 19.3 Å². The number of carbonyl (C=O) groups is 1. The van der Waals surface area contributed by atoms with Crippen molar-refractivity contribution >= 4 is 5.97 Å². The molecule has 0 aromatic carbocycles. The van der Waals surface area contributed by atoms with Gasteiger partial charge in [0.1, 0.15) is 0 Å². The molecule has 14 heteroatoms. The summed E-state index contributed by atoms with van der Waals surface area (Å²) in [6.07, 6.45) is 3.18. The quantitative estimate of drug-likeness (QED) is 0.103. The molecule has 1 aliphatic heterocycles. The van der Waals surface area contributed by atoms with E-state index in [-0.39, 0.29) is 19.3 Å². The lowest BCUT2D eigenvalue weighted by Crippen LogP contribution is -2.24. The normalized spacial score (nSPS) is 15.4.